The number of carbonyl (C=O) groups is 1. The molecule has 0 aromatic heterocycles. The number of amides is 1. The number of methoxy groups -OCH3 is 2. The summed E-state index contributed by atoms with van der Waals surface area (Å²) in [4.78, 5) is 16.4. The zero-order chi connectivity index (χ0) is 11.5. The zero-order valence-corrected chi connectivity index (χ0v) is 9.20. The van der Waals surface area contributed by atoms with Crippen LogP contribution >= 0.6 is 0 Å². The lowest BCUT2D eigenvalue weighted by molar-refractivity contribution is -0.127. The van der Waals surface area contributed by atoms with E-state index in [1.807, 2.05) is 6.07 Å². The van der Waals surface area contributed by atoms with Gasteiger partial charge in [0.25, 0.3) is 5.91 Å². The number of carbonyl (C=O) groups excluding carboxylic acids is 1. The molecule has 0 atom stereocenters. The smallest absolute Gasteiger partial charge is 0.252 e. The summed E-state index contributed by atoms with van der Waals surface area (Å²) in [5.41, 5.74) is 3.28. The van der Waals surface area contributed by atoms with Gasteiger partial charge in [-0.05, 0) is 12.5 Å². The highest BCUT2D eigenvalue weighted by Crippen LogP contribution is 2.40. The van der Waals surface area contributed by atoms with E-state index in [2.05, 4.69) is 5.48 Å². The minimum absolute atomic E-state index is 0.141. The Balaban J connectivity index is 2.46. The lowest BCUT2D eigenvalue weighted by atomic mass is 10.1. The standard InChI is InChI=1S/C11H13NO4/c1-14-8-5-3-7-4-6-9(13)12-16-10(7)11(8)15-2/h3,5H,4,6H2,1-2H3,(H,12,13). The molecule has 0 spiro atoms. The second-order valence-electron chi connectivity index (χ2n) is 3.42. The second-order valence-corrected chi connectivity index (χ2v) is 3.42. The van der Waals surface area contributed by atoms with E-state index in [9.17, 15) is 4.79 Å². The molecule has 86 valence electrons. The SMILES string of the molecule is COc1ccc2c(c1OC)ONC(=O)CC2. The van der Waals surface area contributed by atoms with Crippen molar-refractivity contribution in [1.29, 1.82) is 0 Å². The van der Waals surface area contributed by atoms with E-state index in [0.29, 0.717) is 30.1 Å². The van der Waals surface area contributed by atoms with E-state index >= 15 is 0 Å². The van der Waals surface area contributed by atoms with Gasteiger partial charge in [0, 0.05) is 12.0 Å². The number of hydrogen-bond donors (Lipinski definition) is 1. The van der Waals surface area contributed by atoms with Crippen molar-refractivity contribution in [2.24, 2.45) is 0 Å². The summed E-state index contributed by atoms with van der Waals surface area (Å²) < 4.78 is 10.4. The van der Waals surface area contributed by atoms with Gasteiger partial charge in [-0.25, -0.2) is 0 Å². The fourth-order valence-electron chi connectivity index (χ4n) is 1.66. The largest absolute Gasteiger partial charge is 0.493 e. The summed E-state index contributed by atoms with van der Waals surface area (Å²) in [6, 6.07) is 3.67. The number of aryl methyl sites for hydroxylation is 1. The quantitative estimate of drug-likeness (QED) is 0.814. The molecule has 0 saturated carbocycles. The molecule has 5 heteroatoms. The van der Waals surface area contributed by atoms with Crippen molar-refractivity contribution in [3.05, 3.63) is 17.7 Å². The predicted octanol–water partition coefficient (Wildman–Crippen LogP) is 1.06. The van der Waals surface area contributed by atoms with E-state index in [0.717, 1.165) is 5.56 Å². The Hall–Kier alpha value is -1.91. The van der Waals surface area contributed by atoms with Gasteiger partial charge in [-0.2, -0.15) is 5.48 Å². The molecule has 0 fully saturated rings. The van der Waals surface area contributed by atoms with Crippen LogP contribution in [0.1, 0.15) is 12.0 Å². The topological polar surface area (TPSA) is 56.8 Å². The molecule has 1 aromatic rings. The van der Waals surface area contributed by atoms with Crippen molar-refractivity contribution in [2.75, 3.05) is 14.2 Å². The van der Waals surface area contributed by atoms with Gasteiger partial charge < -0.3 is 14.3 Å². The molecule has 1 aliphatic heterocycles. The maximum atomic E-state index is 11.2. The van der Waals surface area contributed by atoms with Gasteiger partial charge in [0.05, 0.1) is 14.2 Å². The molecule has 0 aliphatic carbocycles. The van der Waals surface area contributed by atoms with Crippen LogP contribution in [0.5, 0.6) is 17.2 Å². The average molecular weight is 223 g/mol. The van der Waals surface area contributed by atoms with Gasteiger partial charge in [0.2, 0.25) is 11.5 Å². The Bertz CT molecular complexity index is 417. The first-order valence-corrected chi connectivity index (χ1v) is 4.95. The molecule has 2 rings (SSSR count). The normalized spacial score (nSPS) is 14.2. The molecular formula is C11H13NO4. The van der Waals surface area contributed by atoms with E-state index < -0.39 is 0 Å². The molecule has 1 N–H and O–H groups in total. The van der Waals surface area contributed by atoms with Gasteiger partial charge in [-0.1, -0.05) is 6.07 Å². The Morgan fingerprint density at radius 3 is 2.75 bits per heavy atom. The summed E-state index contributed by atoms with van der Waals surface area (Å²) >= 11 is 0. The third-order valence-electron chi connectivity index (χ3n) is 2.47. The van der Waals surface area contributed by atoms with Crippen LogP contribution in [0.15, 0.2) is 12.1 Å². The number of rotatable bonds is 2. The molecule has 0 radical (unpaired) electrons. The maximum Gasteiger partial charge on any atom is 0.252 e. The highest BCUT2D eigenvalue weighted by atomic mass is 16.7. The number of hydrogen-bond acceptors (Lipinski definition) is 4. The molecule has 1 heterocycles. The maximum absolute atomic E-state index is 11.2. The molecular weight excluding hydrogens is 210 g/mol. The Labute approximate surface area is 93.3 Å². The Kier molecular flexibility index (Phi) is 2.85. The van der Waals surface area contributed by atoms with Crippen molar-refractivity contribution in [2.45, 2.75) is 12.8 Å². The molecule has 0 saturated heterocycles. The van der Waals surface area contributed by atoms with Crippen LogP contribution in [0.25, 0.3) is 0 Å². The minimum atomic E-state index is -0.141. The summed E-state index contributed by atoms with van der Waals surface area (Å²) in [6.45, 7) is 0. The van der Waals surface area contributed by atoms with E-state index in [1.54, 1.807) is 13.2 Å². The first kappa shape index (κ1) is 10.6. The van der Waals surface area contributed by atoms with Crippen molar-refractivity contribution >= 4 is 5.91 Å². The van der Waals surface area contributed by atoms with Crippen molar-refractivity contribution < 1.29 is 19.1 Å². The van der Waals surface area contributed by atoms with E-state index in [-0.39, 0.29) is 5.91 Å². The number of nitrogens with one attached hydrogen (secondary N) is 1. The van der Waals surface area contributed by atoms with Crippen LogP contribution in [0, 0.1) is 0 Å². The van der Waals surface area contributed by atoms with E-state index in [4.69, 9.17) is 14.3 Å². The second kappa shape index (κ2) is 4.30. The predicted molar refractivity (Wildman–Crippen MR) is 56.6 cm³/mol. The lowest BCUT2D eigenvalue weighted by Crippen LogP contribution is -2.25. The molecule has 0 unspecified atom stereocenters. The number of ether oxygens (including phenoxy) is 2. The third kappa shape index (κ3) is 1.76. The third-order valence-corrected chi connectivity index (χ3v) is 2.47. The zero-order valence-electron chi connectivity index (χ0n) is 9.20. The number of hydroxylamine groups is 1. The van der Waals surface area contributed by atoms with Gasteiger partial charge >= 0.3 is 0 Å². The van der Waals surface area contributed by atoms with Crippen molar-refractivity contribution in [1.82, 2.24) is 5.48 Å². The number of fused-ring (bicyclic) bond motifs is 1. The van der Waals surface area contributed by atoms with E-state index in [1.165, 1.54) is 7.11 Å². The van der Waals surface area contributed by atoms with Crippen LogP contribution in [0.3, 0.4) is 0 Å². The minimum Gasteiger partial charge on any atom is -0.493 e. The number of benzene rings is 1. The Morgan fingerprint density at radius 1 is 1.25 bits per heavy atom. The molecule has 1 aromatic carbocycles. The summed E-state index contributed by atoms with van der Waals surface area (Å²) in [6.07, 6.45) is 1.03. The summed E-state index contributed by atoms with van der Waals surface area (Å²) in [7, 11) is 3.09. The summed E-state index contributed by atoms with van der Waals surface area (Å²) in [5, 5.41) is 0. The van der Waals surface area contributed by atoms with Crippen molar-refractivity contribution in [3.63, 3.8) is 0 Å². The van der Waals surface area contributed by atoms with Crippen LogP contribution in [0.2, 0.25) is 0 Å². The first-order chi connectivity index (χ1) is 7.76. The monoisotopic (exact) mass is 223 g/mol. The van der Waals surface area contributed by atoms with Crippen LogP contribution in [-0.4, -0.2) is 20.1 Å². The molecule has 0 bridgehead atoms. The summed E-state index contributed by atoms with van der Waals surface area (Å²) in [5.74, 6) is 1.46. The molecule has 16 heavy (non-hydrogen) atoms. The van der Waals surface area contributed by atoms with Gasteiger partial charge in [-0.3, -0.25) is 4.79 Å². The first-order valence-electron chi connectivity index (χ1n) is 4.95. The lowest BCUT2D eigenvalue weighted by Gasteiger charge is -2.13. The fourth-order valence-corrected chi connectivity index (χ4v) is 1.66. The van der Waals surface area contributed by atoms with Crippen molar-refractivity contribution in [3.8, 4) is 17.2 Å². The van der Waals surface area contributed by atoms with Gasteiger partial charge in [0.1, 0.15) is 0 Å². The van der Waals surface area contributed by atoms with Crippen LogP contribution in [0.4, 0.5) is 0 Å². The highest BCUT2D eigenvalue weighted by Gasteiger charge is 2.21. The highest BCUT2D eigenvalue weighted by molar-refractivity contribution is 5.76. The molecule has 1 aliphatic rings. The average Bonchev–Trinajstić information content (AvgIpc) is 2.50. The van der Waals surface area contributed by atoms with Crippen LogP contribution in [-0.2, 0) is 11.2 Å². The molecule has 5 nitrogen and oxygen atoms in total. The molecule has 1 amide bonds. The van der Waals surface area contributed by atoms with Gasteiger partial charge in [0.15, 0.2) is 5.75 Å². The van der Waals surface area contributed by atoms with Crippen LogP contribution < -0.4 is 19.8 Å². The fraction of sp³-hybridized carbons (Fsp3) is 0.364. The Morgan fingerprint density at radius 2 is 2.06 bits per heavy atom. The van der Waals surface area contributed by atoms with Gasteiger partial charge in [-0.15, -0.1) is 0 Å².